The summed E-state index contributed by atoms with van der Waals surface area (Å²) < 4.78 is 13.4. The molecule has 0 spiro atoms. The number of benzene rings is 1. The maximum Gasteiger partial charge on any atom is 0.147 e. The summed E-state index contributed by atoms with van der Waals surface area (Å²) in [5.41, 5.74) is 1.10. The second-order valence-corrected chi connectivity index (χ2v) is 4.14. The van der Waals surface area contributed by atoms with E-state index in [4.69, 9.17) is 0 Å². The average molecular weight is 203 g/mol. The highest BCUT2D eigenvalue weighted by molar-refractivity contribution is 5.90. The number of aromatic amines is 1. The molecule has 0 saturated heterocycles. The van der Waals surface area contributed by atoms with Crippen LogP contribution in [0.3, 0.4) is 0 Å². The number of aromatic nitrogens is 1. The maximum atomic E-state index is 13.4. The van der Waals surface area contributed by atoms with Crippen molar-refractivity contribution in [2.75, 3.05) is 0 Å². The van der Waals surface area contributed by atoms with Crippen molar-refractivity contribution in [1.82, 2.24) is 4.98 Å². The first kappa shape index (κ1) is 8.65. The van der Waals surface area contributed by atoms with Gasteiger partial charge in [-0.15, -0.1) is 0 Å². The van der Waals surface area contributed by atoms with Gasteiger partial charge in [-0.05, 0) is 24.5 Å². The molecule has 0 bridgehead atoms. The largest absolute Gasteiger partial charge is 0.358 e. The van der Waals surface area contributed by atoms with Crippen molar-refractivity contribution in [3.8, 4) is 0 Å². The SMILES string of the molecule is O=CC1(c2c[nH]c3c(F)cccc23)CC1. The van der Waals surface area contributed by atoms with Crippen molar-refractivity contribution in [3.63, 3.8) is 0 Å². The van der Waals surface area contributed by atoms with E-state index in [1.165, 1.54) is 6.07 Å². The fraction of sp³-hybridized carbons (Fsp3) is 0.250. The minimum Gasteiger partial charge on any atom is -0.358 e. The molecule has 0 atom stereocenters. The monoisotopic (exact) mass is 203 g/mol. The third kappa shape index (κ3) is 1.06. The topological polar surface area (TPSA) is 32.9 Å². The number of hydrogen-bond acceptors (Lipinski definition) is 1. The number of hydrogen-bond donors (Lipinski definition) is 1. The Morgan fingerprint density at radius 3 is 2.87 bits per heavy atom. The van der Waals surface area contributed by atoms with Gasteiger partial charge in [0.25, 0.3) is 0 Å². The maximum absolute atomic E-state index is 13.4. The number of carbonyl (C=O) groups excluding carboxylic acids is 1. The van der Waals surface area contributed by atoms with Gasteiger partial charge in [0.1, 0.15) is 12.1 Å². The number of aldehydes is 1. The van der Waals surface area contributed by atoms with Crippen LogP contribution in [0.2, 0.25) is 0 Å². The Balaban J connectivity index is 2.29. The highest BCUT2D eigenvalue weighted by atomic mass is 19.1. The quantitative estimate of drug-likeness (QED) is 0.747. The molecule has 2 nitrogen and oxygen atoms in total. The van der Waals surface area contributed by atoms with E-state index in [2.05, 4.69) is 4.98 Å². The smallest absolute Gasteiger partial charge is 0.147 e. The first-order valence-corrected chi connectivity index (χ1v) is 4.99. The van der Waals surface area contributed by atoms with Gasteiger partial charge in [-0.25, -0.2) is 4.39 Å². The minimum atomic E-state index is -0.341. The molecule has 0 aliphatic heterocycles. The van der Waals surface area contributed by atoms with Crippen molar-refractivity contribution in [2.45, 2.75) is 18.3 Å². The minimum absolute atomic E-state index is 0.263. The van der Waals surface area contributed by atoms with Gasteiger partial charge in [0.05, 0.1) is 10.9 Å². The zero-order valence-electron chi connectivity index (χ0n) is 8.09. The molecule has 1 saturated carbocycles. The van der Waals surface area contributed by atoms with E-state index in [1.54, 1.807) is 12.3 Å². The van der Waals surface area contributed by atoms with E-state index >= 15 is 0 Å². The second kappa shape index (κ2) is 2.69. The van der Waals surface area contributed by atoms with E-state index in [9.17, 15) is 9.18 Å². The summed E-state index contributed by atoms with van der Waals surface area (Å²) in [6.07, 6.45) is 4.50. The van der Waals surface area contributed by atoms with Gasteiger partial charge >= 0.3 is 0 Å². The van der Waals surface area contributed by atoms with Gasteiger partial charge in [-0.2, -0.15) is 0 Å². The predicted molar refractivity (Wildman–Crippen MR) is 55.2 cm³/mol. The Bertz CT molecular complexity index is 540. The number of nitrogens with one attached hydrogen (secondary N) is 1. The molecule has 1 fully saturated rings. The van der Waals surface area contributed by atoms with Crippen LogP contribution >= 0.6 is 0 Å². The zero-order valence-corrected chi connectivity index (χ0v) is 8.09. The third-order valence-electron chi connectivity index (χ3n) is 3.22. The molecule has 15 heavy (non-hydrogen) atoms. The molecule has 3 rings (SSSR count). The third-order valence-corrected chi connectivity index (χ3v) is 3.22. The predicted octanol–water partition coefficient (Wildman–Crippen LogP) is 2.54. The molecule has 0 radical (unpaired) electrons. The molecule has 0 unspecified atom stereocenters. The standard InChI is InChI=1S/C12H10FNO/c13-10-3-1-2-8-9(6-14-11(8)10)12(7-15)4-5-12/h1-3,6-7,14H,4-5H2. The van der Waals surface area contributed by atoms with Crippen molar-refractivity contribution in [3.05, 3.63) is 35.8 Å². The molecule has 1 aliphatic carbocycles. The van der Waals surface area contributed by atoms with E-state index in [1.807, 2.05) is 6.07 Å². The summed E-state index contributed by atoms with van der Waals surface area (Å²) >= 11 is 0. The van der Waals surface area contributed by atoms with Gasteiger partial charge < -0.3 is 9.78 Å². The molecule has 1 aliphatic rings. The van der Waals surface area contributed by atoms with Crippen molar-refractivity contribution in [1.29, 1.82) is 0 Å². The zero-order chi connectivity index (χ0) is 10.5. The lowest BCUT2D eigenvalue weighted by Gasteiger charge is -2.04. The molecule has 76 valence electrons. The Labute approximate surface area is 86.1 Å². The van der Waals surface area contributed by atoms with Crippen LogP contribution in [0, 0.1) is 5.82 Å². The number of halogens is 1. The normalized spacial score (nSPS) is 17.9. The molecule has 2 aromatic rings. The van der Waals surface area contributed by atoms with Crippen LogP contribution in [0.4, 0.5) is 4.39 Å². The van der Waals surface area contributed by atoms with E-state index in [0.29, 0.717) is 5.52 Å². The Morgan fingerprint density at radius 2 is 2.20 bits per heavy atom. The van der Waals surface area contributed by atoms with Gasteiger partial charge in [-0.3, -0.25) is 0 Å². The van der Waals surface area contributed by atoms with Gasteiger partial charge in [0, 0.05) is 11.6 Å². The van der Waals surface area contributed by atoms with E-state index in [0.717, 1.165) is 30.1 Å². The van der Waals surface area contributed by atoms with Crippen LogP contribution in [0.15, 0.2) is 24.4 Å². The summed E-state index contributed by atoms with van der Waals surface area (Å²) in [4.78, 5) is 13.9. The van der Waals surface area contributed by atoms with Crippen LogP contribution in [0.5, 0.6) is 0 Å². The Morgan fingerprint density at radius 1 is 1.40 bits per heavy atom. The molecule has 1 heterocycles. The number of carbonyl (C=O) groups is 1. The Kier molecular flexibility index (Phi) is 1.55. The fourth-order valence-corrected chi connectivity index (χ4v) is 2.11. The van der Waals surface area contributed by atoms with Crippen LogP contribution in [-0.2, 0) is 10.2 Å². The summed E-state index contributed by atoms with van der Waals surface area (Å²) in [6.45, 7) is 0. The number of fused-ring (bicyclic) bond motifs is 1. The van der Waals surface area contributed by atoms with Crippen LogP contribution in [0.25, 0.3) is 10.9 Å². The molecular formula is C12H10FNO. The first-order chi connectivity index (χ1) is 7.27. The van der Waals surface area contributed by atoms with E-state index in [-0.39, 0.29) is 11.2 Å². The molecule has 3 heteroatoms. The van der Waals surface area contributed by atoms with Gasteiger partial charge in [0.2, 0.25) is 0 Å². The molecule has 0 amide bonds. The summed E-state index contributed by atoms with van der Waals surface area (Å²) in [7, 11) is 0. The highest BCUT2D eigenvalue weighted by Crippen LogP contribution is 2.48. The molecule has 1 N–H and O–H groups in total. The first-order valence-electron chi connectivity index (χ1n) is 4.99. The summed E-state index contributed by atoms with van der Waals surface area (Å²) in [5, 5.41) is 0.833. The van der Waals surface area contributed by atoms with Crippen LogP contribution in [0.1, 0.15) is 18.4 Å². The summed E-state index contributed by atoms with van der Waals surface area (Å²) in [5.74, 6) is -0.263. The number of H-pyrrole nitrogens is 1. The second-order valence-electron chi connectivity index (χ2n) is 4.14. The van der Waals surface area contributed by atoms with Crippen molar-refractivity contribution in [2.24, 2.45) is 0 Å². The lowest BCUT2D eigenvalue weighted by Crippen LogP contribution is -2.06. The van der Waals surface area contributed by atoms with Gasteiger partial charge in [0.15, 0.2) is 0 Å². The van der Waals surface area contributed by atoms with Crippen LogP contribution < -0.4 is 0 Å². The average Bonchev–Trinajstić information content (AvgIpc) is 2.92. The molecule has 1 aromatic heterocycles. The highest BCUT2D eigenvalue weighted by Gasteiger charge is 2.45. The summed E-state index contributed by atoms with van der Waals surface area (Å²) in [6, 6.07) is 4.95. The Hall–Kier alpha value is -1.64. The van der Waals surface area contributed by atoms with E-state index < -0.39 is 0 Å². The van der Waals surface area contributed by atoms with Gasteiger partial charge in [-0.1, -0.05) is 12.1 Å². The molecular weight excluding hydrogens is 193 g/mol. The fourth-order valence-electron chi connectivity index (χ4n) is 2.11. The van der Waals surface area contributed by atoms with Crippen molar-refractivity contribution >= 4 is 17.2 Å². The van der Waals surface area contributed by atoms with Crippen LogP contribution in [-0.4, -0.2) is 11.3 Å². The number of rotatable bonds is 2. The lowest BCUT2D eigenvalue weighted by atomic mass is 9.97. The molecule has 1 aromatic carbocycles. The number of para-hydroxylation sites is 1. The van der Waals surface area contributed by atoms with Crippen molar-refractivity contribution < 1.29 is 9.18 Å². The lowest BCUT2D eigenvalue weighted by molar-refractivity contribution is -0.109.